The second-order valence-electron chi connectivity index (χ2n) is 14.7. The lowest BCUT2D eigenvalue weighted by Gasteiger charge is -2.18. The van der Waals surface area contributed by atoms with Crippen molar-refractivity contribution < 1.29 is 0 Å². The third-order valence-electron chi connectivity index (χ3n) is 9.39. The van der Waals surface area contributed by atoms with Crippen molar-refractivity contribution in [1.29, 1.82) is 0 Å². The first-order valence-corrected chi connectivity index (χ1v) is 18.9. The highest BCUT2D eigenvalue weighted by atomic mass is 15.1. The first-order chi connectivity index (χ1) is 28.3. The Hall–Kier alpha value is -7.72. The highest BCUT2D eigenvalue weighted by Gasteiger charge is 2.22. The Morgan fingerprint density at radius 2 is 0.552 bits per heavy atom. The second kappa shape index (κ2) is 15.4. The molecule has 0 aliphatic rings. The van der Waals surface area contributed by atoms with Crippen LogP contribution in [-0.2, 0) is 5.41 Å². The lowest BCUT2D eigenvalue weighted by Crippen LogP contribution is -2.18. The van der Waals surface area contributed by atoms with Crippen LogP contribution in [0.1, 0.15) is 26.6 Å². The lowest BCUT2D eigenvalue weighted by atomic mass is 9.95. The maximum absolute atomic E-state index is 5.04. The molecule has 0 saturated carbocycles. The molecule has 10 heteroatoms. The number of aromatic nitrogens is 10. The standard InChI is InChI=1S/C48H36N10/c1-48(2,3)47-57-44(36-26-28-49-29-27-36)56-46(58-47)38-21-13-20-37(30-38)45-54-41(33-18-11-6-12-19-33)53-43(55-45)35-24-22-34(23-25-35)42-51-39(31-14-7-4-8-15-31)50-40(52-42)32-16-9-5-10-17-32/h4-30H,1-3H3. The van der Waals surface area contributed by atoms with Gasteiger partial charge in [0.05, 0.1) is 0 Å². The van der Waals surface area contributed by atoms with E-state index in [0.717, 1.165) is 44.5 Å². The van der Waals surface area contributed by atoms with Crippen LogP contribution < -0.4 is 0 Å². The predicted octanol–water partition coefficient (Wildman–Crippen LogP) is 10.3. The van der Waals surface area contributed by atoms with E-state index in [1.165, 1.54) is 0 Å². The SMILES string of the molecule is CC(C)(C)c1nc(-c2ccncc2)nc(-c2cccc(-c3nc(-c4ccccc4)nc(-c4ccc(-c5nc(-c6ccccc6)nc(-c6ccccc6)n5)cc4)n3)c2)n1. The van der Waals surface area contributed by atoms with Gasteiger partial charge in [-0.2, -0.15) is 0 Å². The topological polar surface area (TPSA) is 129 Å². The van der Waals surface area contributed by atoms with Gasteiger partial charge in [-0.25, -0.2) is 44.9 Å². The Labute approximate surface area is 336 Å². The normalized spacial score (nSPS) is 11.4. The third-order valence-corrected chi connectivity index (χ3v) is 9.39. The van der Waals surface area contributed by atoms with Gasteiger partial charge >= 0.3 is 0 Å². The average molecular weight is 753 g/mol. The van der Waals surface area contributed by atoms with E-state index < -0.39 is 0 Å². The molecular weight excluding hydrogens is 717 g/mol. The Kier molecular flexibility index (Phi) is 9.56. The van der Waals surface area contributed by atoms with Gasteiger partial charge in [0.15, 0.2) is 46.6 Å². The van der Waals surface area contributed by atoms with Crippen LogP contribution in [0.5, 0.6) is 0 Å². The number of benzene rings is 5. The Morgan fingerprint density at radius 1 is 0.276 bits per heavy atom. The molecule has 4 aromatic heterocycles. The first kappa shape index (κ1) is 35.9. The zero-order valence-electron chi connectivity index (χ0n) is 32.1. The fraction of sp³-hybridized carbons (Fsp3) is 0.0833. The minimum atomic E-state index is -0.307. The molecule has 0 spiro atoms. The highest BCUT2D eigenvalue weighted by molar-refractivity contribution is 5.73. The van der Waals surface area contributed by atoms with Gasteiger partial charge in [-0.3, -0.25) is 4.98 Å². The Balaban J connectivity index is 1.12. The molecule has 10 nitrogen and oxygen atoms in total. The zero-order valence-corrected chi connectivity index (χ0v) is 32.1. The number of hydrogen-bond acceptors (Lipinski definition) is 10. The summed E-state index contributed by atoms with van der Waals surface area (Å²) < 4.78 is 0. The van der Waals surface area contributed by atoms with Crippen molar-refractivity contribution in [2.45, 2.75) is 26.2 Å². The molecule has 0 radical (unpaired) electrons. The molecule has 0 aliphatic carbocycles. The molecule has 0 fully saturated rings. The van der Waals surface area contributed by atoms with Crippen molar-refractivity contribution in [2.75, 3.05) is 0 Å². The van der Waals surface area contributed by atoms with Crippen LogP contribution in [0.3, 0.4) is 0 Å². The molecule has 4 heterocycles. The number of hydrogen-bond donors (Lipinski definition) is 0. The molecule has 278 valence electrons. The van der Waals surface area contributed by atoms with E-state index in [0.29, 0.717) is 52.4 Å². The van der Waals surface area contributed by atoms with Crippen LogP contribution in [0.4, 0.5) is 0 Å². The fourth-order valence-electron chi connectivity index (χ4n) is 6.32. The van der Waals surface area contributed by atoms with Crippen molar-refractivity contribution in [1.82, 2.24) is 49.8 Å². The van der Waals surface area contributed by atoms with Crippen LogP contribution >= 0.6 is 0 Å². The minimum Gasteiger partial charge on any atom is -0.265 e. The van der Waals surface area contributed by atoms with Gasteiger partial charge in [-0.1, -0.05) is 154 Å². The summed E-state index contributed by atoms with van der Waals surface area (Å²) in [4.78, 5) is 48.5. The van der Waals surface area contributed by atoms with E-state index in [9.17, 15) is 0 Å². The first-order valence-electron chi connectivity index (χ1n) is 18.9. The maximum Gasteiger partial charge on any atom is 0.164 e. The van der Waals surface area contributed by atoms with Crippen molar-refractivity contribution in [2.24, 2.45) is 0 Å². The molecule has 9 rings (SSSR count). The van der Waals surface area contributed by atoms with Gasteiger partial charge in [0.1, 0.15) is 5.82 Å². The van der Waals surface area contributed by atoms with Gasteiger partial charge in [0, 0.05) is 62.3 Å². The number of pyridine rings is 1. The van der Waals surface area contributed by atoms with Crippen LogP contribution in [0.25, 0.3) is 91.1 Å². The molecule has 0 amide bonds. The summed E-state index contributed by atoms with van der Waals surface area (Å²) in [6.07, 6.45) is 3.48. The zero-order chi connectivity index (χ0) is 39.5. The summed E-state index contributed by atoms with van der Waals surface area (Å²) in [5.74, 6) is 5.22. The van der Waals surface area contributed by atoms with E-state index in [4.69, 9.17) is 44.9 Å². The third kappa shape index (κ3) is 7.71. The van der Waals surface area contributed by atoms with Crippen molar-refractivity contribution >= 4 is 0 Å². The Morgan fingerprint density at radius 3 is 0.914 bits per heavy atom. The van der Waals surface area contributed by atoms with Crippen molar-refractivity contribution in [3.8, 4) is 91.1 Å². The van der Waals surface area contributed by atoms with E-state index in [-0.39, 0.29) is 5.41 Å². The summed E-state index contributed by atoms with van der Waals surface area (Å²) in [7, 11) is 0. The summed E-state index contributed by atoms with van der Waals surface area (Å²) >= 11 is 0. The van der Waals surface area contributed by atoms with Gasteiger partial charge in [-0.05, 0) is 18.2 Å². The monoisotopic (exact) mass is 752 g/mol. The molecular formula is C48H36N10. The number of nitrogens with zero attached hydrogens (tertiary/aromatic N) is 10. The number of rotatable bonds is 8. The molecule has 5 aromatic carbocycles. The summed E-state index contributed by atoms with van der Waals surface area (Å²) in [6, 6.07) is 49.6. The Bertz CT molecular complexity index is 2790. The fourth-order valence-corrected chi connectivity index (χ4v) is 6.32. The van der Waals surface area contributed by atoms with Gasteiger partial charge in [0.25, 0.3) is 0 Å². The molecule has 9 aromatic rings. The lowest BCUT2D eigenvalue weighted by molar-refractivity contribution is 0.543. The van der Waals surface area contributed by atoms with Gasteiger partial charge in [0.2, 0.25) is 0 Å². The summed E-state index contributed by atoms with van der Waals surface area (Å²) in [6.45, 7) is 6.28. The maximum atomic E-state index is 5.04. The summed E-state index contributed by atoms with van der Waals surface area (Å²) in [5, 5.41) is 0. The molecule has 58 heavy (non-hydrogen) atoms. The average Bonchev–Trinajstić information content (AvgIpc) is 3.29. The molecule has 0 atom stereocenters. The molecule has 0 N–H and O–H groups in total. The van der Waals surface area contributed by atoms with E-state index in [2.05, 4.69) is 25.8 Å². The van der Waals surface area contributed by atoms with Crippen LogP contribution in [-0.4, -0.2) is 49.8 Å². The highest BCUT2D eigenvalue weighted by Crippen LogP contribution is 2.31. The minimum absolute atomic E-state index is 0.307. The van der Waals surface area contributed by atoms with Crippen molar-refractivity contribution in [3.63, 3.8) is 0 Å². The van der Waals surface area contributed by atoms with E-state index in [1.807, 2.05) is 152 Å². The van der Waals surface area contributed by atoms with Crippen molar-refractivity contribution in [3.05, 3.63) is 170 Å². The van der Waals surface area contributed by atoms with E-state index >= 15 is 0 Å². The quantitative estimate of drug-likeness (QED) is 0.148. The van der Waals surface area contributed by atoms with Crippen LogP contribution in [0, 0.1) is 0 Å². The predicted molar refractivity (Wildman–Crippen MR) is 227 cm³/mol. The van der Waals surface area contributed by atoms with Gasteiger partial charge in [-0.15, -0.1) is 0 Å². The molecule has 0 aliphatic heterocycles. The van der Waals surface area contributed by atoms with Gasteiger partial charge < -0.3 is 0 Å². The smallest absolute Gasteiger partial charge is 0.164 e. The largest absolute Gasteiger partial charge is 0.265 e. The van der Waals surface area contributed by atoms with Crippen LogP contribution in [0.2, 0.25) is 0 Å². The second-order valence-corrected chi connectivity index (χ2v) is 14.7. The molecule has 0 bridgehead atoms. The summed E-state index contributed by atoms with van der Waals surface area (Å²) in [5.41, 5.74) is 6.52. The van der Waals surface area contributed by atoms with Crippen LogP contribution in [0.15, 0.2) is 164 Å². The molecule has 0 unspecified atom stereocenters. The molecule has 0 saturated heterocycles. The van der Waals surface area contributed by atoms with E-state index in [1.54, 1.807) is 12.4 Å².